The Labute approximate surface area is 201 Å². The minimum Gasteiger partial charge on any atom is -0.347 e. The maximum Gasteiger partial charge on any atom is 0.256 e. The summed E-state index contributed by atoms with van der Waals surface area (Å²) >= 11 is 0. The van der Waals surface area contributed by atoms with Crippen molar-refractivity contribution in [1.29, 1.82) is 0 Å². The van der Waals surface area contributed by atoms with E-state index in [9.17, 15) is 13.2 Å². The van der Waals surface area contributed by atoms with E-state index in [0.717, 1.165) is 18.7 Å². The van der Waals surface area contributed by atoms with Gasteiger partial charge in [-0.2, -0.15) is 0 Å². The SMILES string of the molecule is Cc1nc2ccc(-c3ccn4nc(N[C@H]5CCN(CC(C)C)C[C@H]5F)ncc34)nc2n1CC(F)F. The molecular weight excluding hydrogens is 457 g/mol. The normalized spacial score (nSPS) is 19.4. The quantitative estimate of drug-likeness (QED) is 0.422. The van der Waals surface area contributed by atoms with E-state index >= 15 is 0 Å². The summed E-state index contributed by atoms with van der Waals surface area (Å²) in [6.45, 7) is 7.64. The monoisotopic (exact) mass is 486 g/mol. The molecule has 0 spiro atoms. The van der Waals surface area contributed by atoms with Crippen LogP contribution in [0.25, 0.3) is 27.9 Å². The summed E-state index contributed by atoms with van der Waals surface area (Å²) in [5, 5.41) is 7.67. The van der Waals surface area contributed by atoms with Crippen LogP contribution in [0.3, 0.4) is 0 Å². The van der Waals surface area contributed by atoms with Gasteiger partial charge in [0.2, 0.25) is 5.95 Å². The highest BCUT2D eigenvalue weighted by molar-refractivity contribution is 5.82. The Morgan fingerprint density at radius 3 is 2.71 bits per heavy atom. The lowest BCUT2D eigenvalue weighted by atomic mass is 10.0. The summed E-state index contributed by atoms with van der Waals surface area (Å²) in [5.41, 5.74) is 3.07. The first-order valence-electron chi connectivity index (χ1n) is 11.9. The Morgan fingerprint density at radius 1 is 1.14 bits per heavy atom. The molecule has 1 aliphatic rings. The molecule has 0 unspecified atom stereocenters. The number of hydrogen-bond donors (Lipinski definition) is 1. The van der Waals surface area contributed by atoms with Gasteiger partial charge in [0.15, 0.2) is 5.65 Å². The van der Waals surface area contributed by atoms with Crippen LogP contribution >= 0.6 is 0 Å². The lowest BCUT2D eigenvalue weighted by Crippen LogP contribution is -2.48. The lowest BCUT2D eigenvalue weighted by Gasteiger charge is -2.35. The topological polar surface area (TPSA) is 76.2 Å². The van der Waals surface area contributed by atoms with Gasteiger partial charge < -0.3 is 14.8 Å². The van der Waals surface area contributed by atoms with Gasteiger partial charge in [0.1, 0.15) is 17.5 Å². The molecule has 0 aromatic carbocycles. The van der Waals surface area contributed by atoms with Gasteiger partial charge in [-0.25, -0.2) is 32.6 Å². The number of imidazole rings is 1. The van der Waals surface area contributed by atoms with Crippen molar-refractivity contribution < 1.29 is 13.2 Å². The molecule has 186 valence electrons. The Bertz CT molecular complexity index is 1330. The zero-order valence-corrected chi connectivity index (χ0v) is 20.0. The molecule has 1 fully saturated rings. The average molecular weight is 487 g/mol. The molecule has 8 nitrogen and oxygen atoms in total. The Morgan fingerprint density at radius 2 is 1.97 bits per heavy atom. The standard InChI is InChI=1S/C24H29F3N8/c1-14(2)11-33-8-7-19(17(25)12-33)31-24-28-10-21-16(6-9-35(21)32-24)18-4-5-20-23(30-18)34(13-22(26)27)15(3)29-20/h4-6,9-10,14,17,19,22H,7-8,11-13H2,1-3H3,(H,31,32)/t17-,19+/m1/s1. The fourth-order valence-corrected chi connectivity index (χ4v) is 4.78. The molecule has 0 bridgehead atoms. The molecule has 4 aromatic rings. The average Bonchev–Trinajstić information content (AvgIpc) is 3.35. The molecule has 0 amide bonds. The second-order valence-electron chi connectivity index (χ2n) is 9.55. The summed E-state index contributed by atoms with van der Waals surface area (Å²) in [5.74, 6) is 1.36. The van der Waals surface area contributed by atoms with Crippen LogP contribution in [0.4, 0.5) is 19.1 Å². The molecule has 35 heavy (non-hydrogen) atoms. The number of nitrogens with zero attached hydrogens (tertiary/aromatic N) is 7. The van der Waals surface area contributed by atoms with E-state index < -0.39 is 19.1 Å². The van der Waals surface area contributed by atoms with Gasteiger partial charge in [-0.1, -0.05) is 13.8 Å². The maximum atomic E-state index is 14.8. The van der Waals surface area contributed by atoms with Crippen molar-refractivity contribution in [2.45, 2.75) is 52.4 Å². The minimum absolute atomic E-state index is 0.340. The number of nitrogens with one attached hydrogen (secondary N) is 1. The zero-order chi connectivity index (χ0) is 24.7. The predicted molar refractivity (Wildman–Crippen MR) is 128 cm³/mol. The smallest absolute Gasteiger partial charge is 0.256 e. The molecule has 2 atom stereocenters. The number of halogens is 3. The van der Waals surface area contributed by atoms with Crippen LogP contribution in [0, 0.1) is 12.8 Å². The van der Waals surface area contributed by atoms with Crippen LogP contribution < -0.4 is 5.32 Å². The van der Waals surface area contributed by atoms with Crippen molar-refractivity contribution in [3.8, 4) is 11.3 Å². The number of likely N-dealkylation sites (tertiary alicyclic amines) is 1. The summed E-state index contributed by atoms with van der Waals surface area (Å²) in [6, 6.07) is 5.10. The van der Waals surface area contributed by atoms with Gasteiger partial charge in [-0.05, 0) is 37.5 Å². The fourth-order valence-electron chi connectivity index (χ4n) is 4.78. The van der Waals surface area contributed by atoms with Crippen LogP contribution in [0.2, 0.25) is 0 Å². The third-order valence-corrected chi connectivity index (χ3v) is 6.36. The molecule has 4 aromatic heterocycles. The van der Waals surface area contributed by atoms with Crippen molar-refractivity contribution in [2.24, 2.45) is 5.92 Å². The number of hydrogen-bond acceptors (Lipinski definition) is 6. The second-order valence-corrected chi connectivity index (χ2v) is 9.55. The largest absolute Gasteiger partial charge is 0.347 e. The first-order chi connectivity index (χ1) is 16.8. The third-order valence-electron chi connectivity index (χ3n) is 6.36. The first-order valence-corrected chi connectivity index (χ1v) is 11.9. The fraction of sp³-hybridized carbons (Fsp3) is 0.500. The number of rotatable bonds is 7. The van der Waals surface area contributed by atoms with Crippen LogP contribution in [-0.4, -0.2) is 72.3 Å². The van der Waals surface area contributed by atoms with E-state index in [-0.39, 0.29) is 6.04 Å². The summed E-state index contributed by atoms with van der Waals surface area (Å²) in [6.07, 6.45) is 0.627. The van der Waals surface area contributed by atoms with Gasteiger partial charge in [-0.15, -0.1) is 5.10 Å². The van der Waals surface area contributed by atoms with Crippen molar-refractivity contribution in [1.82, 2.24) is 34.0 Å². The van der Waals surface area contributed by atoms with Crippen LogP contribution in [0.15, 0.2) is 30.6 Å². The molecule has 1 saturated heterocycles. The highest BCUT2D eigenvalue weighted by Gasteiger charge is 2.30. The van der Waals surface area contributed by atoms with Crippen molar-refractivity contribution >= 4 is 22.6 Å². The van der Waals surface area contributed by atoms with Gasteiger partial charge >= 0.3 is 0 Å². The highest BCUT2D eigenvalue weighted by atomic mass is 19.3. The van der Waals surface area contributed by atoms with Crippen LogP contribution in [0.5, 0.6) is 0 Å². The summed E-state index contributed by atoms with van der Waals surface area (Å²) in [7, 11) is 0. The molecule has 11 heteroatoms. The maximum absolute atomic E-state index is 14.8. The van der Waals surface area contributed by atoms with Crippen molar-refractivity contribution in [2.75, 3.05) is 25.0 Å². The summed E-state index contributed by atoms with van der Waals surface area (Å²) < 4.78 is 44.0. The van der Waals surface area contributed by atoms with Gasteiger partial charge in [-0.3, -0.25) is 0 Å². The molecule has 1 N–H and O–H groups in total. The molecule has 0 saturated carbocycles. The predicted octanol–water partition coefficient (Wildman–Crippen LogP) is 4.19. The molecule has 0 aliphatic carbocycles. The highest BCUT2D eigenvalue weighted by Crippen LogP contribution is 2.27. The van der Waals surface area contributed by atoms with Gasteiger partial charge in [0, 0.05) is 31.4 Å². The van der Waals surface area contributed by atoms with Crippen LogP contribution in [-0.2, 0) is 6.54 Å². The van der Waals surface area contributed by atoms with E-state index in [0.29, 0.717) is 53.0 Å². The minimum atomic E-state index is -2.50. The molecule has 5 rings (SSSR count). The summed E-state index contributed by atoms with van der Waals surface area (Å²) in [4.78, 5) is 15.5. The number of aryl methyl sites for hydroxylation is 1. The number of piperidine rings is 1. The Balaban J connectivity index is 1.37. The third kappa shape index (κ3) is 4.82. The molecule has 5 heterocycles. The van der Waals surface area contributed by atoms with Crippen LogP contribution in [0.1, 0.15) is 26.1 Å². The molecule has 0 radical (unpaired) electrons. The first kappa shape index (κ1) is 23.5. The Kier molecular flexibility index (Phi) is 6.35. The van der Waals surface area contributed by atoms with E-state index in [1.807, 2.05) is 12.1 Å². The van der Waals surface area contributed by atoms with Gasteiger partial charge in [0.05, 0.1) is 30.0 Å². The number of fused-ring (bicyclic) bond motifs is 2. The molecular formula is C24H29F3N8. The number of pyridine rings is 1. The van der Waals surface area contributed by atoms with E-state index in [2.05, 4.69) is 44.1 Å². The van der Waals surface area contributed by atoms with E-state index in [1.54, 1.807) is 29.9 Å². The number of aromatic nitrogens is 6. The second kappa shape index (κ2) is 9.44. The zero-order valence-electron chi connectivity index (χ0n) is 20.0. The van der Waals surface area contributed by atoms with Crippen molar-refractivity contribution in [3.05, 3.63) is 36.4 Å². The molecule has 1 aliphatic heterocycles. The number of anilines is 1. The number of alkyl halides is 3. The van der Waals surface area contributed by atoms with E-state index in [1.165, 1.54) is 4.57 Å². The van der Waals surface area contributed by atoms with E-state index in [4.69, 9.17) is 0 Å². The van der Waals surface area contributed by atoms with Crippen molar-refractivity contribution in [3.63, 3.8) is 0 Å². The lowest BCUT2D eigenvalue weighted by molar-refractivity contribution is 0.116. The van der Waals surface area contributed by atoms with Gasteiger partial charge in [0.25, 0.3) is 6.43 Å². The Hall–Kier alpha value is -3.21.